The lowest BCUT2D eigenvalue weighted by molar-refractivity contribution is -0.121. The van der Waals surface area contributed by atoms with Crippen molar-refractivity contribution >= 4 is 62.4 Å². The Morgan fingerprint density at radius 2 is 2.04 bits per heavy atom. The van der Waals surface area contributed by atoms with Crippen LogP contribution in [-0.2, 0) is 9.59 Å². The molecule has 0 aliphatic carbocycles. The molecule has 0 spiro atoms. The lowest BCUT2D eigenvalue weighted by Gasteiger charge is -2.16. The van der Waals surface area contributed by atoms with Gasteiger partial charge in [0.25, 0.3) is 0 Å². The molecule has 3 aromatic rings. The highest BCUT2D eigenvalue weighted by Gasteiger charge is 2.41. The summed E-state index contributed by atoms with van der Waals surface area (Å²) in [6.45, 7) is 1.91. The molecule has 0 unspecified atom stereocenters. The van der Waals surface area contributed by atoms with Crippen LogP contribution in [0.25, 0.3) is 10.2 Å². The first-order valence-electron chi connectivity index (χ1n) is 7.68. The third kappa shape index (κ3) is 3.05. The van der Waals surface area contributed by atoms with Crippen molar-refractivity contribution in [2.24, 2.45) is 0 Å². The number of rotatable bonds is 3. The van der Waals surface area contributed by atoms with E-state index in [0.717, 1.165) is 20.1 Å². The van der Waals surface area contributed by atoms with Gasteiger partial charge in [0.15, 0.2) is 4.34 Å². The van der Waals surface area contributed by atoms with E-state index in [2.05, 4.69) is 4.98 Å². The number of thioether (sulfide) groups is 1. The van der Waals surface area contributed by atoms with Crippen LogP contribution in [0.15, 0.2) is 46.8 Å². The monoisotopic (exact) mass is 388 g/mol. The van der Waals surface area contributed by atoms with Gasteiger partial charge in [0.05, 0.1) is 20.9 Å². The number of hydrogen-bond acceptors (Lipinski definition) is 5. The average Bonchev–Trinajstić information content (AvgIpc) is 3.09. The lowest BCUT2D eigenvalue weighted by atomic mass is 10.2. The van der Waals surface area contributed by atoms with Crippen molar-refractivity contribution in [3.05, 3.63) is 53.1 Å². The summed E-state index contributed by atoms with van der Waals surface area (Å²) in [6.07, 6.45) is 0.156. The highest BCUT2D eigenvalue weighted by Crippen LogP contribution is 2.39. The van der Waals surface area contributed by atoms with Crippen molar-refractivity contribution in [3.63, 3.8) is 0 Å². The number of aromatic nitrogens is 1. The zero-order valence-corrected chi connectivity index (χ0v) is 15.6. The van der Waals surface area contributed by atoms with Crippen molar-refractivity contribution < 1.29 is 9.59 Å². The largest absolute Gasteiger partial charge is 0.274 e. The Kier molecular flexibility index (Phi) is 4.27. The molecule has 25 heavy (non-hydrogen) atoms. The second-order valence-corrected chi connectivity index (χ2v) is 8.67. The quantitative estimate of drug-likeness (QED) is 0.611. The Morgan fingerprint density at radius 1 is 1.24 bits per heavy atom. The maximum atomic E-state index is 12.8. The number of carbonyl (C=O) groups excluding carboxylic acids is 2. The predicted octanol–water partition coefficient (Wildman–Crippen LogP) is 4.68. The number of halogens is 1. The summed E-state index contributed by atoms with van der Waals surface area (Å²) in [5, 5.41) is -0.0576. The van der Waals surface area contributed by atoms with Crippen LogP contribution in [0.2, 0.25) is 5.02 Å². The fraction of sp³-hybridized carbons (Fsp3) is 0.167. The maximum absolute atomic E-state index is 12.8. The van der Waals surface area contributed by atoms with Crippen molar-refractivity contribution in [2.45, 2.75) is 22.9 Å². The number of fused-ring (bicyclic) bond motifs is 1. The van der Waals surface area contributed by atoms with Gasteiger partial charge in [0.1, 0.15) is 5.25 Å². The van der Waals surface area contributed by atoms with Crippen LogP contribution in [0.4, 0.5) is 5.69 Å². The molecule has 1 saturated heterocycles. The number of nitrogens with zero attached hydrogens (tertiary/aromatic N) is 2. The first kappa shape index (κ1) is 16.6. The van der Waals surface area contributed by atoms with Crippen molar-refractivity contribution in [1.82, 2.24) is 4.98 Å². The summed E-state index contributed by atoms with van der Waals surface area (Å²) in [4.78, 5) is 30.9. The zero-order chi connectivity index (χ0) is 17.6. The Balaban J connectivity index is 1.60. The van der Waals surface area contributed by atoms with Crippen LogP contribution in [0.5, 0.6) is 0 Å². The first-order valence-corrected chi connectivity index (χ1v) is 9.75. The maximum Gasteiger partial charge on any atom is 0.247 e. The molecule has 2 amide bonds. The molecule has 1 atom stereocenters. The second kappa shape index (κ2) is 6.44. The molecular formula is C18H13ClN2O2S2. The topological polar surface area (TPSA) is 50.3 Å². The molecule has 2 aromatic carbocycles. The summed E-state index contributed by atoms with van der Waals surface area (Å²) in [5.74, 6) is -0.464. The first-order chi connectivity index (χ1) is 12.0. The number of carbonyl (C=O) groups is 2. The molecule has 1 aliphatic heterocycles. The van der Waals surface area contributed by atoms with Crippen molar-refractivity contribution in [3.8, 4) is 0 Å². The predicted molar refractivity (Wildman–Crippen MR) is 103 cm³/mol. The van der Waals surface area contributed by atoms with E-state index in [1.807, 2.05) is 37.3 Å². The molecular weight excluding hydrogens is 376 g/mol. The van der Waals surface area contributed by atoms with E-state index in [1.165, 1.54) is 28.0 Å². The van der Waals surface area contributed by atoms with Crippen molar-refractivity contribution in [1.29, 1.82) is 0 Å². The van der Waals surface area contributed by atoms with E-state index in [0.29, 0.717) is 10.7 Å². The van der Waals surface area contributed by atoms with Crippen molar-refractivity contribution in [2.75, 3.05) is 4.90 Å². The van der Waals surface area contributed by atoms with Crippen LogP contribution in [0, 0.1) is 6.92 Å². The smallest absolute Gasteiger partial charge is 0.247 e. The van der Waals surface area contributed by atoms with E-state index >= 15 is 0 Å². The van der Waals surface area contributed by atoms with Gasteiger partial charge in [-0.1, -0.05) is 41.6 Å². The van der Waals surface area contributed by atoms with Gasteiger partial charge in [-0.25, -0.2) is 9.88 Å². The Morgan fingerprint density at radius 3 is 2.80 bits per heavy atom. The number of amides is 2. The Hall–Kier alpha value is -1.89. The summed E-state index contributed by atoms with van der Waals surface area (Å²) < 4.78 is 1.87. The highest BCUT2D eigenvalue weighted by atomic mass is 35.5. The number of aryl methyl sites for hydroxylation is 1. The number of imide groups is 1. The molecule has 0 radical (unpaired) electrons. The summed E-state index contributed by atoms with van der Waals surface area (Å²) in [6, 6.07) is 13.1. The average molecular weight is 389 g/mol. The van der Waals surface area contributed by atoms with E-state index in [-0.39, 0.29) is 18.2 Å². The Bertz CT molecular complexity index is 969. The zero-order valence-electron chi connectivity index (χ0n) is 13.2. The molecule has 1 aromatic heterocycles. The highest BCUT2D eigenvalue weighted by molar-refractivity contribution is 8.02. The van der Waals surface area contributed by atoms with Gasteiger partial charge in [-0.15, -0.1) is 11.3 Å². The molecule has 7 heteroatoms. The van der Waals surface area contributed by atoms with E-state index in [1.54, 1.807) is 12.1 Å². The van der Waals surface area contributed by atoms with Gasteiger partial charge in [-0.2, -0.15) is 0 Å². The molecule has 4 nitrogen and oxygen atoms in total. The van der Waals surface area contributed by atoms with E-state index in [4.69, 9.17) is 11.6 Å². The van der Waals surface area contributed by atoms with Crippen LogP contribution in [0.3, 0.4) is 0 Å². The fourth-order valence-corrected chi connectivity index (χ4v) is 5.42. The summed E-state index contributed by atoms with van der Waals surface area (Å²) in [7, 11) is 0. The molecule has 0 saturated carbocycles. The number of para-hydroxylation sites is 1. The molecule has 1 aliphatic rings. The molecule has 1 fully saturated rings. The molecule has 0 N–H and O–H groups in total. The van der Waals surface area contributed by atoms with Gasteiger partial charge in [-0.3, -0.25) is 9.59 Å². The minimum Gasteiger partial charge on any atom is -0.274 e. The molecule has 0 bridgehead atoms. The molecule has 2 heterocycles. The van der Waals surface area contributed by atoms with E-state index in [9.17, 15) is 9.59 Å². The second-order valence-electron chi connectivity index (χ2n) is 5.78. The summed E-state index contributed by atoms with van der Waals surface area (Å²) in [5.41, 5.74) is 2.34. The third-order valence-corrected chi connectivity index (χ3v) is 6.58. The Labute approximate surface area is 157 Å². The van der Waals surface area contributed by atoms with Gasteiger partial charge in [0, 0.05) is 6.42 Å². The third-order valence-electron chi connectivity index (χ3n) is 3.97. The number of benzene rings is 2. The number of hydrogen-bond donors (Lipinski definition) is 0. The molecule has 4 rings (SSSR count). The van der Waals surface area contributed by atoms with Crippen LogP contribution in [0.1, 0.15) is 12.0 Å². The minimum absolute atomic E-state index is 0.156. The number of thiazole rings is 1. The van der Waals surface area contributed by atoms with Gasteiger partial charge >= 0.3 is 0 Å². The number of anilines is 1. The summed E-state index contributed by atoms with van der Waals surface area (Å²) >= 11 is 9.12. The van der Waals surface area contributed by atoms with Gasteiger partial charge in [-0.05, 0) is 36.8 Å². The van der Waals surface area contributed by atoms with Crippen LogP contribution < -0.4 is 4.90 Å². The lowest BCUT2D eigenvalue weighted by Crippen LogP contribution is -2.31. The van der Waals surface area contributed by atoms with Crippen LogP contribution >= 0.6 is 34.7 Å². The van der Waals surface area contributed by atoms with E-state index < -0.39 is 5.25 Å². The van der Waals surface area contributed by atoms with Gasteiger partial charge < -0.3 is 0 Å². The minimum atomic E-state index is -0.467. The standard InChI is InChI=1S/C18H13ClN2O2S2/c1-10-6-7-13(11(19)8-10)21-16(22)9-15(17(21)23)25-18-20-12-4-2-3-5-14(12)24-18/h2-8,15H,9H2,1H3/t15-/m1/s1. The van der Waals surface area contributed by atoms with Crippen LogP contribution in [-0.4, -0.2) is 22.0 Å². The normalized spacial score (nSPS) is 17.7. The van der Waals surface area contributed by atoms with Gasteiger partial charge in [0.2, 0.25) is 11.8 Å². The SMILES string of the molecule is Cc1ccc(N2C(=O)C[C@@H](Sc3nc4ccccc4s3)C2=O)c(Cl)c1. The molecule has 126 valence electrons. The fourth-order valence-electron chi connectivity index (χ4n) is 2.77.